The predicted octanol–water partition coefficient (Wildman–Crippen LogP) is 3.51. The molecule has 0 aliphatic carbocycles. The molecule has 112 valence electrons. The zero-order valence-corrected chi connectivity index (χ0v) is 12.1. The molecule has 4 heteroatoms. The molecule has 0 amide bonds. The highest BCUT2D eigenvalue weighted by molar-refractivity contribution is 6.08. The lowest BCUT2D eigenvalue weighted by Gasteiger charge is -2.01. The van der Waals surface area contributed by atoms with Crippen molar-refractivity contribution in [3.05, 3.63) is 89.1 Å². The lowest BCUT2D eigenvalue weighted by molar-refractivity contribution is -0.672. The molecule has 3 aromatic rings. The SMILES string of the molecule is O=C(c1ccccc1)c1ccc2[n+](c1)Cc1cc(F)cc(F)c1-2. The molecule has 2 aromatic carbocycles. The van der Waals surface area contributed by atoms with Crippen molar-refractivity contribution in [3.63, 3.8) is 0 Å². The first-order valence-electron chi connectivity index (χ1n) is 7.25. The number of pyridine rings is 1. The molecule has 4 rings (SSSR count). The van der Waals surface area contributed by atoms with Gasteiger partial charge in [-0.05, 0) is 12.1 Å². The van der Waals surface area contributed by atoms with Crippen molar-refractivity contribution < 1.29 is 18.1 Å². The number of hydrogen-bond donors (Lipinski definition) is 0. The minimum Gasteiger partial charge on any atom is -0.288 e. The summed E-state index contributed by atoms with van der Waals surface area (Å²) in [4.78, 5) is 12.5. The van der Waals surface area contributed by atoms with Crippen LogP contribution in [0.5, 0.6) is 0 Å². The van der Waals surface area contributed by atoms with E-state index < -0.39 is 11.6 Å². The van der Waals surface area contributed by atoms with Gasteiger partial charge in [-0.3, -0.25) is 4.79 Å². The molecule has 0 radical (unpaired) electrons. The van der Waals surface area contributed by atoms with Crippen LogP contribution in [-0.4, -0.2) is 5.78 Å². The van der Waals surface area contributed by atoms with E-state index in [0.717, 1.165) is 6.07 Å². The minimum atomic E-state index is -0.588. The first-order chi connectivity index (χ1) is 11.1. The first kappa shape index (κ1) is 13.8. The Morgan fingerprint density at radius 1 is 0.957 bits per heavy atom. The van der Waals surface area contributed by atoms with Crippen LogP contribution in [0.15, 0.2) is 60.8 Å². The number of rotatable bonds is 2. The Balaban J connectivity index is 1.77. The molecule has 0 fully saturated rings. The normalized spacial score (nSPS) is 11.9. The quantitative estimate of drug-likeness (QED) is 0.410. The summed E-state index contributed by atoms with van der Waals surface area (Å²) in [6, 6.07) is 14.6. The Morgan fingerprint density at radius 2 is 1.74 bits per heavy atom. The van der Waals surface area contributed by atoms with Gasteiger partial charge in [0.1, 0.15) is 11.6 Å². The molecule has 0 bridgehead atoms. The van der Waals surface area contributed by atoms with E-state index in [-0.39, 0.29) is 5.78 Å². The number of ketones is 1. The van der Waals surface area contributed by atoms with E-state index in [4.69, 9.17) is 0 Å². The topological polar surface area (TPSA) is 20.9 Å². The van der Waals surface area contributed by atoms with E-state index >= 15 is 0 Å². The predicted molar refractivity (Wildman–Crippen MR) is 81.0 cm³/mol. The molecular formula is C19H12F2NO+. The molecule has 0 N–H and O–H groups in total. The molecule has 2 nitrogen and oxygen atoms in total. The molecule has 0 spiro atoms. The van der Waals surface area contributed by atoms with Gasteiger partial charge in [0.15, 0.2) is 18.5 Å². The molecular weight excluding hydrogens is 296 g/mol. The number of benzene rings is 2. The summed E-state index contributed by atoms with van der Waals surface area (Å²) in [5.74, 6) is -1.26. The molecule has 1 aliphatic heterocycles. The fraction of sp³-hybridized carbons (Fsp3) is 0.0526. The van der Waals surface area contributed by atoms with Gasteiger partial charge in [0.05, 0.1) is 11.1 Å². The molecule has 1 aromatic heterocycles. The Morgan fingerprint density at radius 3 is 2.52 bits per heavy atom. The molecule has 0 saturated heterocycles. The van der Waals surface area contributed by atoms with E-state index in [1.54, 1.807) is 35.0 Å². The van der Waals surface area contributed by atoms with Crippen molar-refractivity contribution in [1.29, 1.82) is 0 Å². The lowest BCUT2D eigenvalue weighted by atomic mass is 10.0. The smallest absolute Gasteiger partial charge is 0.216 e. The van der Waals surface area contributed by atoms with Crippen LogP contribution in [0.25, 0.3) is 11.3 Å². The first-order valence-corrected chi connectivity index (χ1v) is 7.25. The van der Waals surface area contributed by atoms with Crippen molar-refractivity contribution in [1.82, 2.24) is 0 Å². The second-order valence-corrected chi connectivity index (χ2v) is 5.55. The average Bonchev–Trinajstić information content (AvgIpc) is 2.92. The van der Waals surface area contributed by atoms with Crippen LogP contribution in [0.1, 0.15) is 21.5 Å². The Bertz CT molecular complexity index is 936. The summed E-state index contributed by atoms with van der Waals surface area (Å²) < 4.78 is 29.2. The van der Waals surface area contributed by atoms with Gasteiger partial charge >= 0.3 is 0 Å². The maximum Gasteiger partial charge on any atom is 0.216 e. The number of hydrogen-bond acceptors (Lipinski definition) is 1. The summed E-state index contributed by atoms with van der Waals surface area (Å²) in [7, 11) is 0. The minimum absolute atomic E-state index is 0.0940. The standard InChI is InChI=1S/C19H12F2NO/c20-15-8-14-11-22-10-13(19(23)12-4-2-1-3-5-12)6-7-17(22)18(14)16(21)9-15/h1-10H,11H2/q+1. The average molecular weight is 308 g/mol. The van der Waals surface area contributed by atoms with Crippen molar-refractivity contribution in [3.8, 4) is 11.3 Å². The largest absolute Gasteiger partial charge is 0.288 e. The van der Waals surface area contributed by atoms with Crippen molar-refractivity contribution in [2.75, 3.05) is 0 Å². The fourth-order valence-corrected chi connectivity index (χ4v) is 3.02. The van der Waals surface area contributed by atoms with E-state index in [1.165, 1.54) is 6.07 Å². The highest BCUT2D eigenvalue weighted by Gasteiger charge is 2.31. The van der Waals surface area contributed by atoms with E-state index in [2.05, 4.69) is 0 Å². The van der Waals surface area contributed by atoms with Gasteiger partial charge in [0.2, 0.25) is 5.69 Å². The zero-order valence-electron chi connectivity index (χ0n) is 12.1. The summed E-state index contributed by atoms with van der Waals surface area (Å²) in [6.07, 6.45) is 1.70. The summed E-state index contributed by atoms with van der Waals surface area (Å²) in [5.41, 5.74) is 2.77. The van der Waals surface area contributed by atoms with Crippen LogP contribution in [0.3, 0.4) is 0 Å². The fourth-order valence-electron chi connectivity index (χ4n) is 3.02. The van der Waals surface area contributed by atoms with Crippen molar-refractivity contribution in [2.45, 2.75) is 6.54 Å². The maximum atomic E-state index is 14.0. The van der Waals surface area contributed by atoms with Gasteiger partial charge in [0, 0.05) is 23.3 Å². The molecule has 23 heavy (non-hydrogen) atoms. The monoisotopic (exact) mass is 308 g/mol. The summed E-state index contributed by atoms with van der Waals surface area (Å²) in [6.45, 7) is 0.356. The summed E-state index contributed by atoms with van der Waals surface area (Å²) >= 11 is 0. The van der Waals surface area contributed by atoms with Crippen molar-refractivity contribution in [2.24, 2.45) is 0 Å². The van der Waals surface area contributed by atoms with Gasteiger partial charge in [-0.15, -0.1) is 0 Å². The number of aromatic nitrogens is 1. The van der Waals surface area contributed by atoms with E-state index in [1.807, 2.05) is 18.2 Å². The Hall–Kier alpha value is -2.88. The van der Waals surface area contributed by atoms with E-state index in [0.29, 0.717) is 34.5 Å². The molecule has 0 atom stereocenters. The van der Waals surface area contributed by atoms with Gasteiger partial charge in [0.25, 0.3) is 0 Å². The highest BCUT2D eigenvalue weighted by atomic mass is 19.1. The number of nitrogens with zero attached hydrogens (tertiary/aromatic N) is 1. The van der Waals surface area contributed by atoms with Crippen LogP contribution in [-0.2, 0) is 6.54 Å². The number of halogens is 2. The van der Waals surface area contributed by atoms with Gasteiger partial charge in [-0.1, -0.05) is 30.3 Å². The van der Waals surface area contributed by atoms with Crippen LogP contribution in [0.4, 0.5) is 8.78 Å². The molecule has 0 saturated carbocycles. The number of carbonyl (C=O) groups excluding carboxylic acids is 1. The third-order valence-corrected chi connectivity index (χ3v) is 4.06. The number of fused-ring (bicyclic) bond motifs is 3. The third kappa shape index (κ3) is 2.23. The zero-order chi connectivity index (χ0) is 16.0. The second-order valence-electron chi connectivity index (χ2n) is 5.55. The molecule has 1 aliphatic rings. The number of carbonyl (C=O) groups is 1. The van der Waals surface area contributed by atoms with Crippen LogP contribution < -0.4 is 4.57 Å². The maximum absolute atomic E-state index is 14.0. The van der Waals surface area contributed by atoms with Gasteiger partial charge < -0.3 is 0 Å². The van der Waals surface area contributed by atoms with Crippen LogP contribution in [0, 0.1) is 11.6 Å². The van der Waals surface area contributed by atoms with Gasteiger partial charge in [-0.25, -0.2) is 8.78 Å². The highest BCUT2D eigenvalue weighted by Crippen LogP contribution is 2.30. The van der Waals surface area contributed by atoms with Crippen LogP contribution >= 0.6 is 0 Å². The molecule has 2 heterocycles. The van der Waals surface area contributed by atoms with E-state index in [9.17, 15) is 13.6 Å². The third-order valence-electron chi connectivity index (χ3n) is 4.06. The Kier molecular flexibility index (Phi) is 3.05. The lowest BCUT2D eigenvalue weighted by Crippen LogP contribution is -2.33. The summed E-state index contributed by atoms with van der Waals surface area (Å²) in [5, 5.41) is 0. The molecule has 0 unspecified atom stereocenters. The second kappa shape index (κ2) is 5.09. The van der Waals surface area contributed by atoms with Crippen molar-refractivity contribution >= 4 is 5.78 Å². The van der Waals surface area contributed by atoms with Crippen LogP contribution in [0.2, 0.25) is 0 Å². The van der Waals surface area contributed by atoms with Gasteiger partial charge in [-0.2, -0.15) is 4.57 Å². The Labute approximate surface area is 131 Å².